The van der Waals surface area contributed by atoms with Crippen molar-refractivity contribution in [3.05, 3.63) is 87.9 Å². The van der Waals surface area contributed by atoms with E-state index in [-0.39, 0.29) is 11.8 Å². The number of hydrogen-bond donors (Lipinski definition) is 1. The molecule has 4 rings (SSSR count). The van der Waals surface area contributed by atoms with E-state index in [4.69, 9.17) is 21.1 Å². The minimum absolute atomic E-state index is 0.129. The second kappa shape index (κ2) is 9.16. The van der Waals surface area contributed by atoms with Gasteiger partial charge in [-0.2, -0.15) is 0 Å². The third-order valence-corrected chi connectivity index (χ3v) is 6.47. The number of fused-ring (bicyclic) bond motifs is 1. The van der Waals surface area contributed by atoms with Crippen molar-refractivity contribution in [3.63, 3.8) is 0 Å². The van der Waals surface area contributed by atoms with E-state index in [9.17, 15) is 9.59 Å². The standard InChI is InChI=1S/C26H25ClN2O4/c1-15-13-21(22(33-4)14-20(15)27)28-25(30)23-18-7-5-6-8-19(18)26(31)29(2)24(23)16-9-11-17(32-3)12-10-16/h5-14,23-24H,1-4H3,(H,28,30). The molecule has 2 atom stereocenters. The first-order chi connectivity index (χ1) is 15.8. The van der Waals surface area contributed by atoms with Gasteiger partial charge in [0.2, 0.25) is 5.91 Å². The van der Waals surface area contributed by atoms with Crippen LogP contribution in [0.3, 0.4) is 0 Å². The van der Waals surface area contributed by atoms with Crippen LogP contribution in [0, 0.1) is 6.92 Å². The van der Waals surface area contributed by atoms with Gasteiger partial charge in [-0.3, -0.25) is 9.59 Å². The average molecular weight is 465 g/mol. The van der Waals surface area contributed by atoms with Crippen molar-refractivity contribution >= 4 is 29.1 Å². The minimum Gasteiger partial charge on any atom is -0.497 e. The van der Waals surface area contributed by atoms with Crippen LogP contribution >= 0.6 is 11.6 Å². The number of nitrogens with one attached hydrogen (secondary N) is 1. The van der Waals surface area contributed by atoms with Crippen molar-refractivity contribution in [3.8, 4) is 11.5 Å². The molecule has 1 aliphatic heterocycles. The Hall–Kier alpha value is -3.51. The number of amides is 2. The molecule has 7 heteroatoms. The van der Waals surface area contributed by atoms with Crippen LogP contribution in [0.15, 0.2) is 60.7 Å². The van der Waals surface area contributed by atoms with Crippen molar-refractivity contribution in [1.82, 2.24) is 4.90 Å². The molecule has 33 heavy (non-hydrogen) atoms. The Morgan fingerprint density at radius 2 is 1.73 bits per heavy atom. The van der Waals surface area contributed by atoms with Gasteiger partial charge in [-0.15, -0.1) is 0 Å². The Morgan fingerprint density at radius 1 is 1.03 bits per heavy atom. The molecular weight excluding hydrogens is 440 g/mol. The van der Waals surface area contributed by atoms with Gasteiger partial charge < -0.3 is 19.7 Å². The van der Waals surface area contributed by atoms with Crippen LogP contribution in [0.25, 0.3) is 0 Å². The number of anilines is 1. The molecule has 170 valence electrons. The Kier molecular flexibility index (Phi) is 6.29. The predicted octanol–water partition coefficient (Wildman–Crippen LogP) is 5.21. The van der Waals surface area contributed by atoms with Crippen LogP contribution in [-0.4, -0.2) is 38.0 Å². The summed E-state index contributed by atoms with van der Waals surface area (Å²) in [7, 11) is 4.85. The van der Waals surface area contributed by atoms with Crippen molar-refractivity contribution < 1.29 is 19.1 Å². The molecule has 0 fully saturated rings. The Morgan fingerprint density at radius 3 is 2.39 bits per heavy atom. The van der Waals surface area contributed by atoms with Crippen molar-refractivity contribution in [2.45, 2.75) is 18.9 Å². The summed E-state index contributed by atoms with van der Waals surface area (Å²) < 4.78 is 10.7. The van der Waals surface area contributed by atoms with Crippen LogP contribution in [0.1, 0.15) is 39.0 Å². The van der Waals surface area contributed by atoms with Gasteiger partial charge in [0.1, 0.15) is 11.5 Å². The fourth-order valence-corrected chi connectivity index (χ4v) is 4.47. The molecule has 3 aromatic carbocycles. The Bertz CT molecular complexity index is 1210. The molecule has 0 spiro atoms. The first-order valence-electron chi connectivity index (χ1n) is 10.5. The number of halogens is 1. The second-order valence-corrected chi connectivity index (χ2v) is 8.40. The second-order valence-electron chi connectivity index (χ2n) is 7.99. The highest BCUT2D eigenvalue weighted by molar-refractivity contribution is 6.31. The number of methoxy groups -OCH3 is 2. The van der Waals surface area contributed by atoms with E-state index >= 15 is 0 Å². The predicted molar refractivity (Wildman–Crippen MR) is 128 cm³/mol. The Labute approximate surface area is 198 Å². The summed E-state index contributed by atoms with van der Waals surface area (Å²) in [5, 5.41) is 3.56. The lowest BCUT2D eigenvalue weighted by atomic mass is 9.79. The normalized spacial score (nSPS) is 17.4. The molecule has 1 N–H and O–H groups in total. The van der Waals surface area contributed by atoms with Gasteiger partial charge in [0.25, 0.3) is 5.91 Å². The summed E-state index contributed by atoms with van der Waals surface area (Å²) in [5.41, 5.74) is 3.37. The molecule has 1 aliphatic rings. The largest absolute Gasteiger partial charge is 0.497 e. The van der Waals surface area contributed by atoms with Crippen molar-refractivity contribution in [2.24, 2.45) is 0 Å². The van der Waals surface area contributed by atoms with Gasteiger partial charge in [0, 0.05) is 23.7 Å². The van der Waals surface area contributed by atoms with E-state index in [0.717, 1.165) is 11.1 Å². The SMILES string of the molecule is COc1ccc(C2C(C(=O)Nc3cc(C)c(Cl)cc3OC)c3ccccc3C(=O)N2C)cc1. The highest BCUT2D eigenvalue weighted by Gasteiger charge is 2.42. The fourth-order valence-electron chi connectivity index (χ4n) is 4.32. The number of carbonyl (C=O) groups is 2. The summed E-state index contributed by atoms with van der Waals surface area (Å²) in [5.74, 6) is 0.149. The molecule has 0 saturated heterocycles. The third kappa shape index (κ3) is 4.14. The zero-order valence-corrected chi connectivity index (χ0v) is 19.6. The van der Waals surface area contributed by atoms with E-state index < -0.39 is 12.0 Å². The molecule has 2 unspecified atom stereocenters. The highest BCUT2D eigenvalue weighted by Crippen LogP contribution is 2.43. The topological polar surface area (TPSA) is 67.9 Å². The molecule has 0 saturated carbocycles. The Balaban J connectivity index is 1.81. The molecule has 1 heterocycles. The smallest absolute Gasteiger partial charge is 0.254 e. The number of benzene rings is 3. The quantitative estimate of drug-likeness (QED) is 0.562. The molecule has 6 nitrogen and oxygen atoms in total. The minimum atomic E-state index is -0.641. The van der Waals surface area contributed by atoms with Crippen LogP contribution in [0.2, 0.25) is 5.02 Å². The lowest BCUT2D eigenvalue weighted by Crippen LogP contribution is -2.44. The summed E-state index contributed by atoms with van der Waals surface area (Å²) in [6.45, 7) is 1.86. The molecular formula is C26H25ClN2O4. The van der Waals surface area contributed by atoms with Gasteiger partial charge >= 0.3 is 0 Å². The molecule has 0 aliphatic carbocycles. The fraction of sp³-hybridized carbons (Fsp3) is 0.231. The van der Waals surface area contributed by atoms with E-state index in [1.54, 1.807) is 43.3 Å². The maximum Gasteiger partial charge on any atom is 0.254 e. The summed E-state index contributed by atoms with van der Waals surface area (Å²) in [6.07, 6.45) is 0. The highest BCUT2D eigenvalue weighted by atomic mass is 35.5. The molecule has 3 aromatic rings. The molecule has 0 bridgehead atoms. The first kappa shape index (κ1) is 22.7. The van der Waals surface area contributed by atoms with Crippen LogP contribution in [-0.2, 0) is 4.79 Å². The molecule has 2 amide bonds. The number of aryl methyl sites for hydroxylation is 1. The third-order valence-electron chi connectivity index (χ3n) is 6.06. The lowest BCUT2D eigenvalue weighted by molar-refractivity contribution is -0.119. The summed E-state index contributed by atoms with van der Waals surface area (Å²) in [6, 6.07) is 17.6. The zero-order chi connectivity index (χ0) is 23.7. The van der Waals surface area contributed by atoms with Crippen molar-refractivity contribution in [2.75, 3.05) is 26.6 Å². The summed E-state index contributed by atoms with van der Waals surface area (Å²) >= 11 is 6.23. The maximum atomic E-state index is 13.8. The maximum absolute atomic E-state index is 13.8. The molecule has 0 radical (unpaired) electrons. The number of nitrogens with zero attached hydrogens (tertiary/aromatic N) is 1. The summed E-state index contributed by atoms with van der Waals surface area (Å²) in [4.78, 5) is 28.6. The van der Waals surface area contributed by atoms with Gasteiger partial charge in [-0.05, 0) is 47.9 Å². The van der Waals surface area contributed by atoms with Crippen LogP contribution < -0.4 is 14.8 Å². The van der Waals surface area contributed by atoms with Gasteiger partial charge in [0.15, 0.2) is 0 Å². The first-order valence-corrected chi connectivity index (χ1v) is 10.9. The van der Waals surface area contributed by atoms with Gasteiger partial charge in [-0.1, -0.05) is 41.9 Å². The van der Waals surface area contributed by atoms with Crippen LogP contribution in [0.5, 0.6) is 11.5 Å². The van der Waals surface area contributed by atoms with E-state index in [2.05, 4.69) is 5.32 Å². The van der Waals surface area contributed by atoms with Crippen molar-refractivity contribution in [1.29, 1.82) is 0 Å². The number of ether oxygens (including phenoxy) is 2. The number of hydrogen-bond acceptors (Lipinski definition) is 4. The van der Waals surface area contributed by atoms with E-state index in [1.807, 2.05) is 43.3 Å². The van der Waals surface area contributed by atoms with Gasteiger partial charge in [-0.25, -0.2) is 0 Å². The average Bonchev–Trinajstić information content (AvgIpc) is 2.83. The molecule has 0 aromatic heterocycles. The lowest BCUT2D eigenvalue weighted by Gasteiger charge is -2.39. The van der Waals surface area contributed by atoms with Crippen LogP contribution in [0.4, 0.5) is 5.69 Å². The number of rotatable bonds is 5. The number of carbonyl (C=O) groups excluding carboxylic acids is 2. The zero-order valence-electron chi connectivity index (χ0n) is 18.9. The monoisotopic (exact) mass is 464 g/mol. The van der Waals surface area contributed by atoms with E-state index in [0.29, 0.717) is 33.3 Å². The van der Waals surface area contributed by atoms with Gasteiger partial charge in [0.05, 0.1) is 31.9 Å². The number of likely N-dealkylation sites (N-methyl/N-ethyl adjacent to an activating group) is 1. The van der Waals surface area contributed by atoms with E-state index in [1.165, 1.54) is 7.11 Å².